The number of rotatable bonds is 5. The average Bonchev–Trinajstić information content (AvgIpc) is 2.86. The van der Waals surface area contributed by atoms with Crippen LogP contribution in [0.3, 0.4) is 0 Å². The summed E-state index contributed by atoms with van der Waals surface area (Å²) in [4.78, 5) is 2.21. The summed E-state index contributed by atoms with van der Waals surface area (Å²) in [5.41, 5.74) is 6.79. The van der Waals surface area contributed by atoms with E-state index in [2.05, 4.69) is 24.1 Å². The zero-order chi connectivity index (χ0) is 13.0. The first kappa shape index (κ1) is 13.2. The van der Waals surface area contributed by atoms with Crippen molar-refractivity contribution in [2.45, 2.75) is 25.0 Å². The van der Waals surface area contributed by atoms with Crippen molar-refractivity contribution in [3.8, 4) is 5.75 Å². The van der Waals surface area contributed by atoms with Crippen LogP contribution in [0, 0.1) is 0 Å². The Balaban J connectivity index is 1.89. The molecular weight excluding hydrogens is 228 g/mol. The molecule has 100 valence electrons. The fourth-order valence-corrected chi connectivity index (χ4v) is 2.34. The van der Waals surface area contributed by atoms with Crippen molar-refractivity contribution in [3.05, 3.63) is 24.3 Å². The van der Waals surface area contributed by atoms with Crippen LogP contribution in [0.2, 0.25) is 0 Å². The molecule has 0 radical (unpaired) electrons. The van der Waals surface area contributed by atoms with Gasteiger partial charge in [0.1, 0.15) is 5.75 Å². The highest BCUT2D eigenvalue weighted by Gasteiger charge is 2.25. The van der Waals surface area contributed by atoms with Gasteiger partial charge < -0.3 is 20.1 Å². The Kier molecular flexibility index (Phi) is 4.44. The lowest BCUT2D eigenvalue weighted by atomic mass is 10.2. The van der Waals surface area contributed by atoms with Crippen LogP contribution >= 0.6 is 0 Å². The van der Waals surface area contributed by atoms with Crippen LogP contribution in [-0.2, 0) is 4.74 Å². The third-order valence-corrected chi connectivity index (χ3v) is 3.45. The van der Waals surface area contributed by atoms with Crippen molar-refractivity contribution in [1.29, 1.82) is 0 Å². The highest BCUT2D eigenvalue weighted by molar-refractivity contribution is 5.48. The minimum Gasteiger partial charge on any atom is -0.497 e. The molecule has 4 heteroatoms. The number of anilines is 1. The Morgan fingerprint density at radius 2 is 1.94 bits per heavy atom. The van der Waals surface area contributed by atoms with Gasteiger partial charge >= 0.3 is 0 Å². The highest BCUT2D eigenvalue weighted by atomic mass is 16.5. The third kappa shape index (κ3) is 3.15. The summed E-state index contributed by atoms with van der Waals surface area (Å²) in [6.45, 7) is 1.53. The van der Waals surface area contributed by atoms with Gasteiger partial charge in [0.05, 0.1) is 19.3 Å². The molecule has 1 heterocycles. The van der Waals surface area contributed by atoms with Crippen molar-refractivity contribution in [3.63, 3.8) is 0 Å². The lowest BCUT2D eigenvalue weighted by Crippen LogP contribution is -2.30. The molecule has 1 aromatic carbocycles. The van der Waals surface area contributed by atoms with E-state index >= 15 is 0 Å². The second-order valence-electron chi connectivity index (χ2n) is 4.77. The van der Waals surface area contributed by atoms with E-state index in [9.17, 15) is 0 Å². The van der Waals surface area contributed by atoms with Crippen molar-refractivity contribution < 1.29 is 9.47 Å². The van der Waals surface area contributed by atoms with Gasteiger partial charge in [-0.3, -0.25) is 0 Å². The maximum atomic E-state index is 5.86. The van der Waals surface area contributed by atoms with Gasteiger partial charge in [0, 0.05) is 25.8 Å². The second-order valence-corrected chi connectivity index (χ2v) is 4.77. The molecule has 1 aliphatic heterocycles. The average molecular weight is 250 g/mol. The van der Waals surface area contributed by atoms with Crippen molar-refractivity contribution in [2.24, 2.45) is 5.73 Å². The standard InChI is InChI=1S/C14H22N2O2/c1-16(10-14-8-7-13(9-15)18-14)11-3-5-12(17-2)6-4-11/h3-6,13-14H,7-10,15H2,1-2H3. The van der Waals surface area contributed by atoms with Gasteiger partial charge in [-0.25, -0.2) is 0 Å². The molecule has 0 spiro atoms. The number of hydrogen-bond donors (Lipinski definition) is 1. The molecule has 1 fully saturated rings. The molecule has 18 heavy (non-hydrogen) atoms. The highest BCUT2D eigenvalue weighted by Crippen LogP contribution is 2.23. The van der Waals surface area contributed by atoms with Crippen LogP contribution in [0.5, 0.6) is 5.75 Å². The Morgan fingerprint density at radius 3 is 2.50 bits per heavy atom. The first-order valence-corrected chi connectivity index (χ1v) is 6.43. The summed E-state index contributed by atoms with van der Waals surface area (Å²) in [5.74, 6) is 0.882. The predicted octanol–water partition coefficient (Wildman–Crippen LogP) is 1.64. The minimum atomic E-state index is 0.249. The lowest BCUT2D eigenvalue weighted by Gasteiger charge is -2.23. The van der Waals surface area contributed by atoms with Gasteiger partial charge in [-0.2, -0.15) is 0 Å². The summed E-state index contributed by atoms with van der Waals surface area (Å²) >= 11 is 0. The third-order valence-electron chi connectivity index (χ3n) is 3.45. The normalized spacial score (nSPS) is 23.1. The lowest BCUT2D eigenvalue weighted by molar-refractivity contribution is 0.0549. The summed E-state index contributed by atoms with van der Waals surface area (Å²) in [6.07, 6.45) is 2.73. The van der Waals surface area contributed by atoms with Crippen LogP contribution in [0.25, 0.3) is 0 Å². The van der Waals surface area contributed by atoms with E-state index < -0.39 is 0 Å². The zero-order valence-electron chi connectivity index (χ0n) is 11.1. The number of benzene rings is 1. The molecule has 0 saturated carbocycles. The maximum Gasteiger partial charge on any atom is 0.119 e. The number of likely N-dealkylation sites (N-methyl/N-ethyl adjacent to an activating group) is 1. The quantitative estimate of drug-likeness (QED) is 0.863. The van der Waals surface area contributed by atoms with Crippen molar-refractivity contribution >= 4 is 5.69 Å². The van der Waals surface area contributed by atoms with Gasteiger partial charge in [0.25, 0.3) is 0 Å². The molecule has 0 amide bonds. The predicted molar refractivity (Wildman–Crippen MR) is 73.2 cm³/mol. The van der Waals surface area contributed by atoms with Crippen LogP contribution in [0.15, 0.2) is 24.3 Å². The number of ether oxygens (including phenoxy) is 2. The van der Waals surface area contributed by atoms with Gasteiger partial charge in [0.15, 0.2) is 0 Å². The SMILES string of the molecule is COc1ccc(N(C)CC2CCC(CN)O2)cc1. The van der Waals surface area contributed by atoms with Crippen LogP contribution in [0.4, 0.5) is 5.69 Å². The molecule has 4 nitrogen and oxygen atoms in total. The monoisotopic (exact) mass is 250 g/mol. The molecule has 2 atom stereocenters. The minimum absolute atomic E-state index is 0.249. The van der Waals surface area contributed by atoms with Gasteiger partial charge in [0.2, 0.25) is 0 Å². The summed E-state index contributed by atoms with van der Waals surface area (Å²) < 4.78 is 11.0. The molecule has 0 aliphatic carbocycles. The number of hydrogen-bond acceptors (Lipinski definition) is 4. The van der Waals surface area contributed by atoms with Crippen molar-refractivity contribution in [1.82, 2.24) is 0 Å². The molecule has 2 N–H and O–H groups in total. The molecule has 2 rings (SSSR count). The van der Waals surface area contributed by atoms with Gasteiger partial charge in [-0.15, -0.1) is 0 Å². The van der Waals surface area contributed by atoms with E-state index in [1.807, 2.05) is 12.1 Å². The summed E-state index contributed by atoms with van der Waals surface area (Å²) in [5, 5.41) is 0. The van der Waals surface area contributed by atoms with Crippen LogP contribution < -0.4 is 15.4 Å². The summed E-state index contributed by atoms with van der Waals surface area (Å²) in [7, 11) is 3.76. The largest absolute Gasteiger partial charge is 0.497 e. The Bertz CT molecular complexity index is 367. The summed E-state index contributed by atoms with van der Waals surface area (Å²) in [6, 6.07) is 8.08. The smallest absolute Gasteiger partial charge is 0.119 e. The van der Waals surface area contributed by atoms with E-state index in [-0.39, 0.29) is 6.10 Å². The second kappa shape index (κ2) is 6.07. The molecule has 1 aliphatic rings. The maximum absolute atomic E-state index is 5.86. The Labute approximate surface area is 109 Å². The molecule has 0 bridgehead atoms. The zero-order valence-corrected chi connectivity index (χ0v) is 11.1. The van der Waals surface area contributed by atoms with Crippen molar-refractivity contribution in [2.75, 3.05) is 32.1 Å². The molecular formula is C14H22N2O2. The van der Waals surface area contributed by atoms with Gasteiger partial charge in [-0.1, -0.05) is 0 Å². The van der Waals surface area contributed by atoms with Gasteiger partial charge in [-0.05, 0) is 37.1 Å². The molecule has 1 aromatic rings. The van der Waals surface area contributed by atoms with E-state index in [0.29, 0.717) is 12.6 Å². The first-order chi connectivity index (χ1) is 8.72. The molecule has 2 unspecified atom stereocenters. The topological polar surface area (TPSA) is 47.7 Å². The number of nitrogens with zero attached hydrogens (tertiary/aromatic N) is 1. The van der Waals surface area contributed by atoms with Crippen LogP contribution in [0.1, 0.15) is 12.8 Å². The fraction of sp³-hybridized carbons (Fsp3) is 0.571. The number of nitrogens with two attached hydrogens (primary N) is 1. The van der Waals surface area contributed by atoms with E-state index in [1.54, 1.807) is 7.11 Å². The molecule has 0 aromatic heterocycles. The molecule has 1 saturated heterocycles. The fourth-order valence-electron chi connectivity index (χ4n) is 2.34. The Hall–Kier alpha value is -1.26. The van der Waals surface area contributed by atoms with E-state index in [0.717, 1.165) is 25.1 Å². The van der Waals surface area contributed by atoms with Crippen LogP contribution in [-0.4, -0.2) is 39.5 Å². The van der Waals surface area contributed by atoms with E-state index in [1.165, 1.54) is 5.69 Å². The number of methoxy groups -OCH3 is 1. The van der Waals surface area contributed by atoms with E-state index in [4.69, 9.17) is 15.2 Å². The Morgan fingerprint density at radius 1 is 1.28 bits per heavy atom. The first-order valence-electron chi connectivity index (χ1n) is 6.43.